The number of para-hydroxylation sites is 1. The highest BCUT2D eigenvalue weighted by Gasteiger charge is 2.26. The molecule has 0 saturated heterocycles. The minimum Gasteiger partial charge on any atom is -0.456 e. The van der Waals surface area contributed by atoms with E-state index in [2.05, 4.69) is 5.32 Å². The monoisotopic (exact) mass is 754 g/mol. The van der Waals surface area contributed by atoms with E-state index in [-0.39, 0.29) is 52.9 Å². The van der Waals surface area contributed by atoms with E-state index in [1.807, 2.05) is 43.7 Å². The number of unbranched alkanes of at least 4 members (excludes halogenated alkanes) is 1. The van der Waals surface area contributed by atoms with Crippen LogP contribution < -0.4 is 10.0 Å². The lowest BCUT2D eigenvalue weighted by molar-refractivity contribution is 0.0456. The highest BCUT2D eigenvalue weighted by molar-refractivity contribution is 7.90. The van der Waals surface area contributed by atoms with Crippen molar-refractivity contribution in [3.63, 3.8) is 0 Å². The Morgan fingerprint density at radius 2 is 1.56 bits per heavy atom. The minimum atomic E-state index is -4.35. The number of hydrogen-bond donors (Lipinski definition) is 2. The minimum absolute atomic E-state index is 0.0555. The Morgan fingerprint density at radius 1 is 0.833 bits per heavy atom. The van der Waals surface area contributed by atoms with Crippen LogP contribution in [-0.4, -0.2) is 42.5 Å². The van der Waals surface area contributed by atoms with Crippen LogP contribution in [0.3, 0.4) is 0 Å². The normalized spacial score (nSPS) is 11.2. The van der Waals surface area contributed by atoms with Crippen LogP contribution in [0.25, 0.3) is 11.1 Å². The molecule has 0 aliphatic carbocycles. The van der Waals surface area contributed by atoms with Crippen molar-refractivity contribution in [1.29, 1.82) is 0 Å². The highest BCUT2D eigenvalue weighted by Crippen LogP contribution is 2.30. The predicted octanol–water partition coefficient (Wildman–Crippen LogP) is 8.08. The SMILES string of the molecule is CCCCOC(=O)NS(=O)(=O)c1ccccc1-c1ccc(Cn2c(CCC)nc(CC)c2C(=O)OCc2ccccc2C(=O)Nc2ccccc2)c(F)c1. The number of amides is 2. The van der Waals surface area contributed by atoms with Crippen molar-refractivity contribution in [3.05, 3.63) is 137 Å². The van der Waals surface area contributed by atoms with Crippen molar-refractivity contribution in [1.82, 2.24) is 14.3 Å². The molecule has 0 aliphatic rings. The highest BCUT2D eigenvalue weighted by atomic mass is 32.2. The van der Waals surface area contributed by atoms with E-state index >= 15 is 4.39 Å². The van der Waals surface area contributed by atoms with Gasteiger partial charge in [-0.3, -0.25) is 4.79 Å². The van der Waals surface area contributed by atoms with E-state index in [1.165, 1.54) is 30.3 Å². The predicted molar refractivity (Wildman–Crippen MR) is 203 cm³/mol. The van der Waals surface area contributed by atoms with E-state index in [0.717, 1.165) is 6.42 Å². The molecule has 0 bridgehead atoms. The molecule has 5 rings (SSSR count). The lowest BCUT2D eigenvalue weighted by atomic mass is 10.0. The molecule has 2 amide bonds. The lowest BCUT2D eigenvalue weighted by Crippen LogP contribution is -2.31. The molecule has 0 atom stereocenters. The first kappa shape index (κ1) is 39.4. The van der Waals surface area contributed by atoms with Gasteiger partial charge in [0, 0.05) is 34.4 Å². The van der Waals surface area contributed by atoms with E-state index in [0.29, 0.717) is 54.0 Å². The molecule has 4 aromatic carbocycles. The third kappa shape index (κ3) is 9.58. The maximum atomic E-state index is 16.0. The van der Waals surface area contributed by atoms with Gasteiger partial charge >= 0.3 is 12.1 Å². The number of ether oxygens (including phenoxy) is 2. The first-order chi connectivity index (χ1) is 26.1. The Kier molecular flexibility index (Phi) is 13.3. The zero-order valence-corrected chi connectivity index (χ0v) is 31.2. The van der Waals surface area contributed by atoms with Crippen LogP contribution >= 0.6 is 0 Å². The number of anilines is 1. The molecule has 0 radical (unpaired) electrons. The summed E-state index contributed by atoms with van der Waals surface area (Å²) in [5.74, 6) is -1.08. The summed E-state index contributed by atoms with van der Waals surface area (Å²) in [5, 5.41) is 2.86. The number of nitrogens with one attached hydrogen (secondary N) is 2. The summed E-state index contributed by atoms with van der Waals surface area (Å²) in [5.41, 5.74) is 2.83. The fourth-order valence-electron chi connectivity index (χ4n) is 5.87. The molecule has 5 aromatic rings. The molecule has 13 heteroatoms. The quantitative estimate of drug-likeness (QED) is 0.0760. The van der Waals surface area contributed by atoms with Gasteiger partial charge < -0.3 is 19.4 Å². The molecule has 0 saturated carbocycles. The maximum Gasteiger partial charge on any atom is 0.421 e. The molecular formula is C41H43FN4O7S. The smallest absolute Gasteiger partial charge is 0.421 e. The van der Waals surface area contributed by atoms with E-state index in [9.17, 15) is 22.8 Å². The summed E-state index contributed by atoms with van der Waals surface area (Å²) >= 11 is 0. The van der Waals surface area contributed by atoms with Crippen molar-refractivity contribution in [2.24, 2.45) is 0 Å². The van der Waals surface area contributed by atoms with Crippen molar-refractivity contribution < 1.29 is 36.7 Å². The van der Waals surface area contributed by atoms with Crippen molar-refractivity contribution in [2.75, 3.05) is 11.9 Å². The molecule has 11 nitrogen and oxygen atoms in total. The Balaban J connectivity index is 1.39. The van der Waals surface area contributed by atoms with Crippen LogP contribution in [0.2, 0.25) is 0 Å². The zero-order valence-electron chi connectivity index (χ0n) is 30.4. The topological polar surface area (TPSA) is 146 Å². The molecule has 1 heterocycles. The summed E-state index contributed by atoms with van der Waals surface area (Å²) in [7, 11) is -4.35. The first-order valence-electron chi connectivity index (χ1n) is 17.8. The standard InChI is InChI=1S/C41H43FN4O7S/c1-4-7-24-52-41(49)45-54(50,51)36-21-14-13-19-32(36)28-22-23-29(34(42)25-28)26-46-37(15-5-2)44-35(6-3)38(46)40(48)53-27-30-16-11-12-20-33(30)39(47)43-31-17-9-8-10-18-31/h8-14,16-23,25H,4-7,15,24,26-27H2,1-3H3,(H,43,47)(H,45,49). The molecule has 2 N–H and O–H groups in total. The number of carbonyl (C=O) groups excluding carboxylic acids is 3. The second-order valence-corrected chi connectivity index (χ2v) is 14.1. The van der Waals surface area contributed by atoms with Gasteiger partial charge in [0.1, 0.15) is 18.2 Å². The number of nitrogens with zero attached hydrogens (tertiary/aromatic N) is 2. The van der Waals surface area contributed by atoms with Crippen LogP contribution in [0.4, 0.5) is 14.9 Å². The number of hydrogen-bond acceptors (Lipinski definition) is 8. The molecule has 0 fully saturated rings. The van der Waals surface area contributed by atoms with Crippen LogP contribution in [-0.2, 0) is 45.5 Å². The second kappa shape index (κ2) is 18.3. The van der Waals surface area contributed by atoms with Crippen molar-refractivity contribution >= 4 is 33.7 Å². The Hall–Kier alpha value is -5.82. The Labute approximate surface area is 314 Å². The summed E-state index contributed by atoms with van der Waals surface area (Å²) < 4.78 is 56.7. The average Bonchev–Trinajstić information content (AvgIpc) is 3.51. The van der Waals surface area contributed by atoms with Gasteiger partial charge in [-0.25, -0.2) is 32.1 Å². The Bertz CT molecular complexity index is 2220. The van der Waals surface area contributed by atoms with Crippen molar-refractivity contribution in [2.45, 2.75) is 70.9 Å². The lowest BCUT2D eigenvalue weighted by Gasteiger charge is -2.15. The van der Waals surface area contributed by atoms with E-state index in [1.54, 1.807) is 53.1 Å². The number of aryl methyl sites for hydroxylation is 2. The van der Waals surface area contributed by atoms with Gasteiger partial charge in [0.15, 0.2) is 5.69 Å². The number of carbonyl (C=O) groups is 3. The third-order valence-corrected chi connectivity index (χ3v) is 9.96. The van der Waals surface area contributed by atoms with Gasteiger partial charge in [-0.05, 0) is 55.2 Å². The van der Waals surface area contributed by atoms with E-state index < -0.39 is 27.9 Å². The number of aromatic nitrogens is 2. The summed E-state index contributed by atoms with van der Waals surface area (Å²) in [6, 6.07) is 26.1. The van der Waals surface area contributed by atoms with Gasteiger partial charge in [-0.15, -0.1) is 0 Å². The number of halogens is 1. The third-order valence-electron chi connectivity index (χ3n) is 8.59. The fourth-order valence-corrected chi connectivity index (χ4v) is 6.99. The molecule has 282 valence electrons. The fraction of sp³-hybridized carbons (Fsp3) is 0.268. The number of rotatable bonds is 16. The summed E-state index contributed by atoms with van der Waals surface area (Å²) in [6.45, 7) is 5.58. The number of esters is 1. The molecule has 1 aromatic heterocycles. The van der Waals surface area contributed by atoms with Gasteiger partial charge in [0.25, 0.3) is 15.9 Å². The largest absolute Gasteiger partial charge is 0.456 e. The molecule has 0 aliphatic heterocycles. The van der Waals surface area contributed by atoms with Gasteiger partial charge in [0.05, 0.1) is 23.7 Å². The number of sulfonamides is 1. The molecular weight excluding hydrogens is 712 g/mol. The van der Waals surface area contributed by atoms with Crippen LogP contribution in [0.15, 0.2) is 102 Å². The van der Waals surface area contributed by atoms with Crippen LogP contribution in [0.1, 0.15) is 83.5 Å². The summed E-state index contributed by atoms with van der Waals surface area (Å²) in [4.78, 5) is 43.7. The molecule has 0 spiro atoms. The van der Waals surface area contributed by atoms with Crippen LogP contribution in [0.5, 0.6) is 0 Å². The van der Waals surface area contributed by atoms with Gasteiger partial charge in [-0.2, -0.15) is 0 Å². The number of benzene rings is 4. The van der Waals surface area contributed by atoms with E-state index in [4.69, 9.17) is 14.5 Å². The van der Waals surface area contributed by atoms with Crippen molar-refractivity contribution in [3.8, 4) is 11.1 Å². The average molecular weight is 755 g/mol. The maximum absolute atomic E-state index is 16.0. The van der Waals surface area contributed by atoms with Gasteiger partial charge in [-0.1, -0.05) is 93.9 Å². The first-order valence-corrected chi connectivity index (χ1v) is 19.3. The second-order valence-electron chi connectivity index (χ2n) is 12.5. The molecule has 0 unspecified atom stereocenters. The zero-order chi connectivity index (χ0) is 38.7. The molecule has 54 heavy (non-hydrogen) atoms. The van der Waals surface area contributed by atoms with Crippen LogP contribution in [0, 0.1) is 5.82 Å². The Morgan fingerprint density at radius 3 is 2.28 bits per heavy atom. The number of imidazole rings is 1. The van der Waals surface area contributed by atoms with Gasteiger partial charge in [0.2, 0.25) is 0 Å². The summed E-state index contributed by atoms with van der Waals surface area (Å²) in [6.07, 6.45) is 1.90.